The number of allylic oxidation sites excluding steroid dienone is 2. The third-order valence-corrected chi connectivity index (χ3v) is 1.20. The number of carbonyl (C=O) groups is 1. The molecule has 0 spiro atoms. The third-order valence-electron chi connectivity index (χ3n) is 1.20. The summed E-state index contributed by atoms with van der Waals surface area (Å²) in [6.45, 7) is 7.29. The van der Waals surface area contributed by atoms with Gasteiger partial charge in [0.15, 0.2) is 0 Å². The Morgan fingerprint density at radius 3 is 2.67 bits per heavy atom. The van der Waals surface area contributed by atoms with Crippen LogP contribution in [0, 0.1) is 0 Å². The minimum absolute atomic E-state index is 0.180. The van der Waals surface area contributed by atoms with E-state index in [1.165, 1.54) is 6.08 Å². The summed E-state index contributed by atoms with van der Waals surface area (Å²) in [4.78, 5) is 10.8. The Balaban J connectivity index is 3.74. The summed E-state index contributed by atoms with van der Waals surface area (Å²) in [6, 6.07) is 0. The van der Waals surface area contributed by atoms with Crippen LogP contribution in [-0.2, 0) is 9.47 Å². The van der Waals surface area contributed by atoms with Crippen LogP contribution >= 0.6 is 0 Å². The van der Waals surface area contributed by atoms with Crippen molar-refractivity contribution in [3.63, 3.8) is 0 Å². The second-order valence-corrected chi connectivity index (χ2v) is 2.06. The van der Waals surface area contributed by atoms with Crippen LogP contribution in [0.1, 0.15) is 20.3 Å². The summed E-state index contributed by atoms with van der Waals surface area (Å²) < 4.78 is 9.41. The average molecular weight is 170 g/mol. The summed E-state index contributed by atoms with van der Waals surface area (Å²) in [5, 5.41) is 0. The van der Waals surface area contributed by atoms with Gasteiger partial charge < -0.3 is 9.47 Å². The van der Waals surface area contributed by atoms with Crippen LogP contribution < -0.4 is 0 Å². The van der Waals surface area contributed by atoms with Gasteiger partial charge in [0, 0.05) is 6.42 Å². The second-order valence-electron chi connectivity index (χ2n) is 2.06. The van der Waals surface area contributed by atoms with Gasteiger partial charge in [0.05, 0.1) is 0 Å². The zero-order valence-electron chi connectivity index (χ0n) is 7.50. The summed E-state index contributed by atoms with van der Waals surface area (Å²) in [7, 11) is 0. The highest BCUT2D eigenvalue weighted by atomic mass is 16.7. The van der Waals surface area contributed by atoms with E-state index in [0.29, 0.717) is 12.2 Å². The predicted molar refractivity (Wildman–Crippen MR) is 46.7 cm³/mol. The molecular weight excluding hydrogens is 156 g/mol. The molecule has 0 rings (SSSR count). The second kappa shape index (κ2) is 6.46. The Morgan fingerprint density at radius 2 is 2.25 bits per heavy atom. The zero-order chi connectivity index (χ0) is 9.40. The molecule has 0 radical (unpaired) electrons. The molecular formula is C9H14O3. The van der Waals surface area contributed by atoms with Crippen molar-refractivity contribution in [2.24, 2.45) is 0 Å². The fourth-order valence-electron chi connectivity index (χ4n) is 0.599. The molecule has 0 saturated heterocycles. The van der Waals surface area contributed by atoms with Gasteiger partial charge in [-0.05, 0) is 13.0 Å². The van der Waals surface area contributed by atoms with Crippen LogP contribution in [0.4, 0.5) is 4.79 Å². The third kappa shape index (κ3) is 4.55. The summed E-state index contributed by atoms with van der Waals surface area (Å²) in [5.74, 6) is 0.615. The lowest BCUT2D eigenvalue weighted by atomic mass is 10.4. The minimum atomic E-state index is -0.676. The molecule has 0 aliphatic rings. The topological polar surface area (TPSA) is 35.5 Å². The van der Waals surface area contributed by atoms with Crippen molar-refractivity contribution >= 4 is 6.16 Å². The van der Waals surface area contributed by atoms with Crippen LogP contribution in [0.2, 0.25) is 0 Å². The fourth-order valence-corrected chi connectivity index (χ4v) is 0.599. The molecule has 0 bridgehead atoms. The van der Waals surface area contributed by atoms with E-state index >= 15 is 0 Å². The van der Waals surface area contributed by atoms with E-state index in [-0.39, 0.29) is 6.61 Å². The van der Waals surface area contributed by atoms with Crippen LogP contribution in [0.3, 0.4) is 0 Å². The number of ether oxygens (including phenoxy) is 2. The van der Waals surface area contributed by atoms with E-state index in [0.717, 1.165) is 0 Å². The van der Waals surface area contributed by atoms with E-state index in [1.807, 2.05) is 6.92 Å². The van der Waals surface area contributed by atoms with Gasteiger partial charge in [-0.15, -0.1) is 0 Å². The molecule has 3 nitrogen and oxygen atoms in total. The van der Waals surface area contributed by atoms with E-state index in [1.54, 1.807) is 13.0 Å². The molecule has 0 aliphatic carbocycles. The van der Waals surface area contributed by atoms with Crippen molar-refractivity contribution in [3.05, 3.63) is 24.5 Å². The molecule has 0 amide bonds. The number of hydrogen-bond acceptors (Lipinski definition) is 3. The van der Waals surface area contributed by atoms with E-state index < -0.39 is 6.16 Å². The van der Waals surface area contributed by atoms with Gasteiger partial charge in [0.1, 0.15) is 12.4 Å². The van der Waals surface area contributed by atoms with Gasteiger partial charge in [-0.3, -0.25) is 0 Å². The van der Waals surface area contributed by atoms with Crippen LogP contribution in [0.15, 0.2) is 24.5 Å². The molecule has 0 aliphatic heterocycles. The maximum atomic E-state index is 10.8. The van der Waals surface area contributed by atoms with Gasteiger partial charge in [-0.2, -0.15) is 0 Å². The maximum Gasteiger partial charge on any atom is 0.513 e. The maximum absolute atomic E-state index is 10.8. The lowest BCUT2D eigenvalue weighted by Crippen LogP contribution is -2.06. The van der Waals surface area contributed by atoms with Crippen LogP contribution in [-0.4, -0.2) is 12.8 Å². The lowest BCUT2D eigenvalue weighted by molar-refractivity contribution is 0.0845. The van der Waals surface area contributed by atoms with Crippen LogP contribution in [0.5, 0.6) is 0 Å². The van der Waals surface area contributed by atoms with Gasteiger partial charge in [0.2, 0.25) is 0 Å². The summed E-state index contributed by atoms with van der Waals surface area (Å²) in [6.07, 6.45) is 3.22. The molecule has 0 fully saturated rings. The van der Waals surface area contributed by atoms with Gasteiger partial charge >= 0.3 is 6.16 Å². The van der Waals surface area contributed by atoms with E-state index in [2.05, 4.69) is 11.3 Å². The Morgan fingerprint density at radius 1 is 1.58 bits per heavy atom. The first kappa shape index (κ1) is 10.8. The smallest absolute Gasteiger partial charge is 0.430 e. The van der Waals surface area contributed by atoms with E-state index in [4.69, 9.17) is 4.74 Å². The van der Waals surface area contributed by atoms with Crippen molar-refractivity contribution in [2.75, 3.05) is 6.61 Å². The highest BCUT2D eigenvalue weighted by Gasteiger charge is 2.04. The minimum Gasteiger partial charge on any atom is -0.430 e. The SMILES string of the molecule is C=CCOC(=O)O/C(=C\C)CC. The molecule has 0 aromatic heterocycles. The quantitative estimate of drug-likeness (QED) is 0.369. The number of rotatable bonds is 4. The Hall–Kier alpha value is -1.25. The molecule has 0 heterocycles. The summed E-state index contributed by atoms with van der Waals surface area (Å²) in [5.41, 5.74) is 0. The highest BCUT2D eigenvalue weighted by Crippen LogP contribution is 2.03. The van der Waals surface area contributed by atoms with Crippen molar-refractivity contribution in [1.29, 1.82) is 0 Å². The Bertz CT molecular complexity index is 182. The molecule has 0 N–H and O–H groups in total. The predicted octanol–water partition coefficient (Wildman–Crippen LogP) is 2.64. The van der Waals surface area contributed by atoms with Crippen LogP contribution in [0.25, 0.3) is 0 Å². The largest absolute Gasteiger partial charge is 0.513 e. The Kier molecular flexibility index (Phi) is 5.79. The summed E-state index contributed by atoms with van der Waals surface area (Å²) >= 11 is 0. The van der Waals surface area contributed by atoms with Crippen molar-refractivity contribution in [1.82, 2.24) is 0 Å². The monoisotopic (exact) mass is 170 g/mol. The number of hydrogen-bond donors (Lipinski definition) is 0. The van der Waals surface area contributed by atoms with Crippen molar-refractivity contribution in [3.8, 4) is 0 Å². The molecule has 0 saturated carbocycles. The zero-order valence-corrected chi connectivity index (χ0v) is 7.50. The molecule has 68 valence electrons. The van der Waals surface area contributed by atoms with Crippen molar-refractivity contribution < 1.29 is 14.3 Å². The first-order valence-electron chi connectivity index (χ1n) is 3.85. The average Bonchev–Trinajstić information content (AvgIpc) is 2.10. The molecule has 0 aromatic rings. The number of carbonyl (C=O) groups excluding carboxylic acids is 1. The highest BCUT2D eigenvalue weighted by molar-refractivity contribution is 5.61. The van der Waals surface area contributed by atoms with Crippen molar-refractivity contribution in [2.45, 2.75) is 20.3 Å². The molecule has 0 unspecified atom stereocenters. The normalized spacial score (nSPS) is 10.7. The first-order chi connectivity index (χ1) is 5.74. The van der Waals surface area contributed by atoms with Gasteiger partial charge in [0.25, 0.3) is 0 Å². The molecule has 0 aromatic carbocycles. The van der Waals surface area contributed by atoms with E-state index in [9.17, 15) is 4.79 Å². The molecule has 0 atom stereocenters. The first-order valence-corrected chi connectivity index (χ1v) is 3.85. The lowest BCUT2D eigenvalue weighted by Gasteiger charge is -2.04. The Labute approximate surface area is 72.7 Å². The standard InChI is InChI=1S/C9H14O3/c1-4-7-11-9(10)12-8(5-2)6-3/h4-5H,1,6-7H2,2-3H3/b8-5-. The molecule has 12 heavy (non-hydrogen) atoms. The van der Waals surface area contributed by atoms with Gasteiger partial charge in [-0.25, -0.2) is 4.79 Å². The molecule has 3 heteroatoms. The fraction of sp³-hybridized carbons (Fsp3) is 0.444. The van der Waals surface area contributed by atoms with Gasteiger partial charge in [-0.1, -0.05) is 19.6 Å².